The van der Waals surface area contributed by atoms with Crippen molar-refractivity contribution in [1.29, 1.82) is 0 Å². The van der Waals surface area contributed by atoms with Crippen LogP contribution in [0.15, 0.2) is 0 Å². The van der Waals surface area contributed by atoms with Crippen molar-refractivity contribution in [3.05, 3.63) is 0 Å². The highest BCUT2D eigenvalue weighted by Gasteiger charge is 2.33. The molecule has 1 unspecified atom stereocenters. The van der Waals surface area contributed by atoms with E-state index in [-0.39, 0.29) is 6.04 Å². The van der Waals surface area contributed by atoms with Crippen LogP contribution >= 0.6 is 0 Å². The topological polar surface area (TPSA) is 86.7 Å². The van der Waals surface area contributed by atoms with Crippen LogP contribution < -0.4 is 5.32 Å². The van der Waals surface area contributed by atoms with Crippen LogP contribution in [0.4, 0.5) is 0 Å². The lowest BCUT2D eigenvalue weighted by Gasteiger charge is -2.24. The molecule has 2 N–H and O–H groups in total. The van der Waals surface area contributed by atoms with Crippen LogP contribution in [0.25, 0.3) is 0 Å². The van der Waals surface area contributed by atoms with Crippen LogP contribution in [0.5, 0.6) is 0 Å². The third kappa shape index (κ3) is 3.93. The van der Waals surface area contributed by atoms with Crippen molar-refractivity contribution in [2.24, 2.45) is 5.92 Å². The van der Waals surface area contributed by atoms with Crippen LogP contribution in [-0.4, -0.2) is 55.2 Å². The van der Waals surface area contributed by atoms with E-state index < -0.39 is 21.7 Å². The number of rotatable bonds is 7. The van der Waals surface area contributed by atoms with Crippen LogP contribution in [0.1, 0.15) is 25.7 Å². The lowest BCUT2D eigenvalue weighted by Crippen LogP contribution is -2.44. The van der Waals surface area contributed by atoms with Crippen LogP contribution in [0.2, 0.25) is 0 Å². The molecule has 104 valence electrons. The minimum absolute atomic E-state index is 0.173. The van der Waals surface area contributed by atoms with Crippen molar-refractivity contribution in [3.8, 4) is 0 Å². The Morgan fingerprint density at radius 2 is 2.00 bits per heavy atom. The van der Waals surface area contributed by atoms with E-state index in [1.165, 1.54) is 4.31 Å². The molecule has 7 heteroatoms. The zero-order chi connectivity index (χ0) is 13.2. The van der Waals surface area contributed by atoms with Crippen molar-refractivity contribution in [2.75, 3.05) is 25.4 Å². The van der Waals surface area contributed by atoms with Gasteiger partial charge in [0.1, 0.15) is 0 Å². The molecule has 0 radical (unpaired) electrons. The van der Waals surface area contributed by atoms with Gasteiger partial charge in [0.05, 0.1) is 0 Å². The quantitative estimate of drug-likeness (QED) is 0.676. The number of sulfonamides is 1. The van der Waals surface area contributed by atoms with Gasteiger partial charge in [-0.2, -0.15) is 4.31 Å². The van der Waals surface area contributed by atoms with E-state index in [1.807, 2.05) is 0 Å². The Bertz CT molecular complexity index is 399. The molecular weight excluding hydrogens is 256 g/mol. The van der Waals surface area contributed by atoms with E-state index in [0.29, 0.717) is 19.0 Å². The van der Waals surface area contributed by atoms with Gasteiger partial charge in [0.25, 0.3) is 0 Å². The van der Waals surface area contributed by atoms with Crippen molar-refractivity contribution in [3.63, 3.8) is 0 Å². The summed E-state index contributed by atoms with van der Waals surface area (Å²) in [5.41, 5.74) is 0. The van der Waals surface area contributed by atoms with Crippen LogP contribution in [0.3, 0.4) is 0 Å². The summed E-state index contributed by atoms with van der Waals surface area (Å²) in [6.07, 6.45) is 4.12. The van der Waals surface area contributed by atoms with Gasteiger partial charge < -0.3 is 10.4 Å². The molecular formula is C11H20N2O4S. The van der Waals surface area contributed by atoms with Gasteiger partial charge in [0, 0.05) is 19.1 Å². The van der Waals surface area contributed by atoms with E-state index in [9.17, 15) is 13.2 Å². The Labute approximate surface area is 107 Å². The number of nitrogens with one attached hydrogen (secondary N) is 1. The molecule has 1 saturated carbocycles. The van der Waals surface area contributed by atoms with E-state index >= 15 is 0 Å². The first-order chi connectivity index (χ1) is 8.47. The monoisotopic (exact) mass is 276 g/mol. The van der Waals surface area contributed by atoms with E-state index in [1.54, 1.807) is 0 Å². The van der Waals surface area contributed by atoms with E-state index in [0.717, 1.165) is 32.2 Å². The van der Waals surface area contributed by atoms with Crippen molar-refractivity contribution < 1.29 is 18.3 Å². The Kier molecular flexibility index (Phi) is 4.24. The smallest absolute Gasteiger partial charge is 0.320 e. The maximum Gasteiger partial charge on any atom is 0.320 e. The molecule has 0 aromatic rings. The van der Waals surface area contributed by atoms with Gasteiger partial charge in [0.15, 0.2) is 5.75 Å². The summed E-state index contributed by atoms with van der Waals surface area (Å²) >= 11 is 0. The summed E-state index contributed by atoms with van der Waals surface area (Å²) in [4.78, 5) is 10.6. The number of carboxylic acid groups (broad SMARTS) is 1. The Morgan fingerprint density at radius 3 is 2.50 bits per heavy atom. The summed E-state index contributed by atoms with van der Waals surface area (Å²) < 4.78 is 25.4. The first kappa shape index (κ1) is 13.8. The third-order valence-electron chi connectivity index (χ3n) is 3.44. The predicted molar refractivity (Wildman–Crippen MR) is 66.7 cm³/mol. The highest BCUT2D eigenvalue weighted by Crippen LogP contribution is 2.30. The van der Waals surface area contributed by atoms with Gasteiger partial charge in [-0.15, -0.1) is 0 Å². The second-order valence-corrected chi connectivity index (χ2v) is 7.17. The predicted octanol–water partition coefficient (Wildman–Crippen LogP) is -0.135. The lowest BCUT2D eigenvalue weighted by atomic mass is 10.2. The van der Waals surface area contributed by atoms with Gasteiger partial charge in [-0.25, -0.2) is 8.42 Å². The first-order valence-corrected chi connectivity index (χ1v) is 8.01. The fourth-order valence-electron chi connectivity index (χ4n) is 2.30. The SMILES string of the molecule is O=C(O)CS(=O)(=O)N(CC1CC1)CC1CCCN1. The molecule has 1 aliphatic carbocycles. The third-order valence-corrected chi connectivity index (χ3v) is 5.14. The maximum atomic E-state index is 12.0. The van der Waals surface area contributed by atoms with Gasteiger partial charge in [-0.05, 0) is 38.1 Å². The Morgan fingerprint density at radius 1 is 1.28 bits per heavy atom. The summed E-state index contributed by atoms with van der Waals surface area (Å²) in [7, 11) is -3.67. The molecule has 0 aromatic heterocycles. The summed E-state index contributed by atoms with van der Waals surface area (Å²) in [6.45, 7) is 1.81. The molecule has 0 spiro atoms. The number of carboxylic acids is 1. The highest BCUT2D eigenvalue weighted by molar-refractivity contribution is 7.89. The van der Waals surface area contributed by atoms with Gasteiger partial charge in [0.2, 0.25) is 10.0 Å². The molecule has 0 aromatic carbocycles. The highest BCUT2D eigenvalue weighted by atomic mass is 32.2. The van der Waals surface area contributed by atoms with Crippen LogP contribution in [-0.2, 0) is 14.8 Å². The fraction of sp³-hybridized carbons (Fsp3) is 0.909. The average Bonchev–Trinajstić information content (AvgIpc) is 2.90. The minimum Gasteiger partial charge on any atom is -0.480 e. The minimum atomic E-state index is -3.67. The maximum absolute atomic E-state index is 12.0. The number of aliphatic carboxylic acids is 1. The molecule has 0 amide bonds. The van der Waals surface area contributed by atoms with Crippen molar-refractivity contribution >= 4 is 16.0 Å². The largest absolute Gasteiger partial charge is 0.480 e. The standard InChI is InChI=1S/C11H20N2O4S/c14-11(15)8-18(16,17)13(6-9-3-4-9)7-10-2-1-5-12-10/h9-10,12H,1-8H2,(H,14,15). The van der Waals surface area contributed by atoms with Crippen LogP contribution in [0, 0.1) is 5.92 Å². The average molecular weight is 276 g/mol. The zero-order valence-electron chi connectivity index (χ0n) is 10.3. The molecule has 1 aliphatic heterocycles. The molecule has 18 heavy (non-hydrogen) atoms. The Balaban J connectivity index is 2.00. The summed E-state index contributed by atoms with van der Waals surface area (Å²) in [6, 6.07) is 0.173. The molecule has 2 fully saturated rings. The zero-order valence-corrected chi connectivity index (χ0v) is 11.2. The van der Waals surface area contributed by atoms with Crippen molar-refractivity contribution in [1.82, 2.24) is 9.62 Å². The summed E-state index contributed by atoms with van der Waals surface area (Å²) in [5, 5.41) is 11.9. The number of nitrogens with zero attached hydrogens (tertiary/aromatic N) is 1. The van der Waals surface area contributed by atoms with E-state index in [2.05, 4.69) is 5.32 Å². The molecule has 6 nitrogen and oxygen atoms in total. The van der Waals surface area contributed by atoms with Crippen molar-refractivity contribution in [2.45, 2.75) is 31.7 Å². The molecule has 1 atom stereocenters. The molecule has 2 aliphatic rings. The number of hydrogen-bond acceptors (Lipinski definition) is 4. The number of hydrogen-bond donors (Lipinski definition) is 2. The number of carbonyl (C=O) groups is 1. The first-order valence-electron chi connectivity index (χ1n) is 6.40. The van der Waals surface area contributed by atoms with Gasteiger partial charge in [-0.3, -0.25) is 4.79 Å². The Hall–Kier alpha value is -0.660. The van der Waals surface area contributed by atoms with E-state index in [4.69, 9.17) is 5.11 Å². The van der Waals surface area contributed by atoms with Gasteiger partial charge >= 0.3 is 5.97 Å². The summed E-state index contributed by atoms with van der Waals surface area (Å²) in [5.74, 6) is -1.66. The molecule has 2 rings (SSSR count). The normalized spacial score (nSPS) is 24.6. The second kappa shape index (κ2) is 5.54. The molecule has 1 saturated heterocycles. The lowest BCUT2D eigenvalue weighted by molar-refractivity contribution is -0.134. The fourth-order valence-corrected chi connectivity index (χ4v) is 3.64. The molecule has 1 heterocycles. The second-order valence-electron chi connectivity index (χ2n) is 5.20. The van der Waals surface area contributed by atoms with Gasteiger partial charge in [-0.1, -0.05) is 0 Å². The molecule has 0 bridgehead atoms.